The lowest BCUT2D eigenvalue weighted by Gasteiger charge is -2.26. The van der Waals surface area contributed by atoms with Gasteiger partial charge in [-0.2, -0.15) is 0 Å². The zero-order valence-electron chi connectivity index (χ0n) is 11.5. The summed E-state index contributed by atoms with van der Waals surface area (Å²) in [4.78, 5) is 11.8. The van der Waals surface area contributed by atoms with Crippen LogP contribution in [0.2, 0.25) is 0 Å². The van der Waals surface area contributed by atoms with E-state index in [0.29, 0.717) is 0 Å². The van der Waals surface area contributed by atoms with Crippen molar-refractivity contribution in [1.82, 2.24) is 0 Å². The summed E-state index contributed by atoms with van der Waals surface area (Å²) < 4.78 is 0. The Labute approximate surface area is 113 Å². The first-order valence-electron chi connectivity index (χ1n) is 6.32. The Kier molecular flexibility index (Phi) is 3.43. The Morgan fingerprint density at radius 3 is 1.68 bits per heavy atom. The second-order valence-electron chi connectivity index (χ2n) is 5.17. The highest BCUT2D eigenvalue weighted by molar-refractivity contribution is 5.85. The molecule has 2 aromatic rings. The van der Waals surface area contributed by atoms with Gasteiger partial charge in [0.15, 0.2) is 0 Å². The van der Waals surface area contributed by atoms with Crippen molar-refractivity contribution in [1.29, 1.82) is 0 Å². The number of aryl methyl sites for hydroxylation is 2. The molecule has 2 nitrogen and oxygen atoms in total. The summed E-state index contributed by atoms with van der Waals surface area (Å²) in [5.41, 5.74) is 2.74. The van der Waals surface area contributed by atoms with E-state index in [4.69, 9.17) is 0 Å². The van der Waals surface area contributed by atoms with E-state index in [1.165, 1.54) is 0 Å². The first-order chi connectivity index (χ1) is 8.94. The Balaban J connectivity index is 2.65. The van der Waals surface area contributed by atoms with E-state index in [9.17, 15) is 9.90 Å². The first-order valence-corrected chi connectivity index (χ1v) is 6.32. The second kappa shape index (κ2) is 4.88. The Morgan fingerprint density at radius 1 is 0.947 bits per heavy atom. The fraction of sp³-hybridized carbons (Fsp3) is 0.235. The summed E-state index contributed by atoms with van der Waals surface area (Å²) in [5.74, 6) is -0.830. The van der Waals surface area contributed by atoms with Crippen LogP contribution < -0.4 is 0 Å². The molecule has 1 N–H and O–H groups in total. The number of rotatable bonds is 3. The van der Waals surface area contributed by atoms with Gasteiger partial charge in [-0.1, -0.05) is 59.7 Å². The van der Waals surface area contributed by atoms with E-state index in [-0.39, 0.29) is 0 Å². The Bertz CT molecular complexity index is 569. The van der Waals surface area contributed by atoms with E-state index in [1.807, 2.05) is 62.4 Å². The van der Waals surface area contributed by atoms with Crippen LogP contribution in [0.1, 0.15) is 29.2 Å². The van der Waals surface area contributed by atoms with Crippen LogP contribution in [-0.2, 0) is 10.2 Å². The van der Waals surface area contributed by atoms with Gasteiger partial charge in [0.1, 0.15) is 5.41 Å². The molecule has 2 rings (SSSR count). The molecular formula is C17H18O2. The third-order valence-corrected chi connectivity index (χ3v) is 3.62. The van der Waals surface area contributed by atoms with Crippen LogP contribution in [0.5, 0.6) is 0 Å². The smallest absolute Gasteiger partial charge is 0.318 e. The maximum Gasteiger partial charge on any atom is 0.318 e. The number of carboxylic acid groups (broad SMARTS) is 1. The van der Waals surface area contributed by atoms with Crippen LogP contribution in [0.4, 0.5) is 0 Å². The SMILES string of the molecule is Cc1cccc(C(C)(C(=O)O)c2cccc(C)c2)c1. The van der Waals surface area contributed by atoms with Crippen molar-refractivity contribution in [2.45, 2.75) is 26.2 Å². The van der Waals surface area contributed by atoms with Gasteiger partial charge < -0.3 is 5.11 Å². The van der Waals surface area contributed by atoms with Gasteiger partial charge in [-0.05, 0) is 31.9 Å². The van der Waals surface area contributed by atoms with Crippen molar-refractivity contribution in [2.75, 3.05) is 0 Å². The zero-order valence-corrected chi connectivity index (χ0v) is 11.5. The lowest BCUT2D eigenvalue weighted by Crippen LogP contribution is -2.33. The number of hydrogen-bond donors (Lipinski definition) is 1. The van der Waals surface area contributed by atoms with Crippen LogP contribution in [0.15, 0.2) is 48.5 Å². The van der Waals surface area contributed by atoms with Gasteiger partial charge >= 0.3 is 5.97 Å². The Morgan fingerprint density at radius 2 is 1.37 bits per heavy atom. The fourth-order valence-electron chi connectivity index (χ4n) is 2.33. The molecule has 0 aromatic heterocycles. The number of hydrogen-bond acceptors (Lipinski definition) is 1. The molecule has 19 heavy (non-hydrogen) atoms. The minimum atomic E-state index is -1.02. The third-order valence-electron chi connectivity index (χ3n) is 3.62. The number of carboxylic acids is 1. The van der Waals surface area contributed by atoms with Crippen molar-refractivity contribution >= 4 is 5.97 Å². The largest absolute Gasteiger partial charge is 0.480 e. The average Bonchev–Trinajstić information content (AvgIpc) is 2.37. The molecule has 0 heterocycles. The van der Waals surface area contributed by atoms with E-state index in [2.05, 4.69) is 0 Å². The van der Waals surface area contributed by atoms with E-state index in [0.717, 1.165) is 22.3 Å². The molecule has 0 aliphatic carbocycles. The lowest BCUT2D eigenvalue weighted by molar-refractivity contribution is -0.141. The van der Waals surface area contributed by atoms with Gasteiger partial charge in [0.05, 0.1) is 0 Å². The van der Waals surface area contributed by atoms with Crippen LogP contribution in [-0.4, -0.2) is 11.1 Å². The number of aliphatic carboxylic acids is 1. The van der Waals surface area contributed by atoms with E-state index in [1.54, 1.807) is 6.92 Å². The Hall–Kier alpha value is -2.09. The van der Waals surface area contributed by atoms with E-state index < -0.39 is 11.4 Å². The average molecular weight is 254 g/mol. The molecule has 0 aliphatic heterocycles. The van der Waals surface area contributed by atoms with E-state index >= 15 is 0 Å². The summed E-state index contributed by atoms with van der Waals surface area (Å²) in [7, 11) is 0. The van der Waals surface area contributed by atoms with Crippen molar-refractivity contribution in [3.8, 4) is 0 Å². The molecule has 0 saturated carbocycles. The zero-order chi connectivity index (χ0) is 14.0. The molecular weight excluding hydrogens is 236 g/mol. The molecule has 98 valence electrons. The fourth-order valence-corrected chi connectivity index (χ4v) is 2.33. The van der Waals surface area contributed by atoms with Crippen LogP contribution in [0.25, 0.3) is 0 Å². The standard InChI is InChI=1S/C17H18O2/c1-12-6-4-8-14(10-12)17(3,16(18)19)15-9-5-7-13(2)11-15/h4-11H,1-3H3,(H,18,19). The first kappa shape index (κ1) is 13.3. The monoisotopic (exact) mass is 254 g/mol. The van der Waals surface area contributed by atoms with Crippen LogP contribution in [0.3, 0.4) is 0 Å². The van der Waals surface area contributed by atoms with Crippen molar-refractivity contribution in [3.63, 3.8) is 0 Å². The highest BCUT2D eigenvalue weighted by Crippen LogP contribution is 2.33. The number of benzene rings is 2. The molecule has 0 atom stereocenters. The highest BCUT2D eigenvalue weighted by atomic mass is 16.4. The summed E-state index contributed by atoms with van der Waals surface area (Å²) >= 11 is 0. The predicted molar refractivity (Wildman–Crippen MR) is 76.4 cm³/mol. The minimum absolute atomic E-state index is 0.811. The molecule has 0 bridgehead atoms. The normalized spacial score (nSPS) is 11.3. The molecule has 0 fully saturated rings. The molecule has 0 radical (unpaired) electrons. The maximum absolute atomic E-state index is 11.8. The lowest BCUT2D eigenvalue weighted by atomic mass is 9.75. The van der Waals surface area contributed by atoms with Crippen LogP contribution >= 0.6 is 0 Å². The van der Waals surface area contributed by atoms with Crippen molar-refractivity contribution in [3.05, 3.63) is 70.8 Å². The summed E-state index contributed by atoms with van der Waals surface area (Å²) in [6, 6.07) is 15.4. The van der Waals surface area contributed by atoms with Gasteiger partial charge in [-0.3, -0.25) is 4.79 Å². The van der Waals surface area contributed by atoms with Gasteiger partial charge in [0.25, 0.3) is 0 Å². The minimum Gasteiger partial charge on any atom is -0.480 e. The molecule has 0 unspecified atom stereocenters. The maximum atomic E-state index is 11.8. The molecule has 0 amide bonds. The van der Waals surface area contributed by atoms with Crippen LogP contribution in [0, 0.1) is 13.8 Å². The third kappa shape index (κ3) is 2.39. The topological polar surface area (TPSA) is 37.3 Å². The van der Waals surface area contributed by atoms with Gasteiger partial charge in [-0.15, -0.1) is 0 Å². The van der Waals surface area contributed by atoms with Crippen molar-refractivity contribution in [2.24, 2.45) is 0 Å². The molecule has 2 aromatic carbocycles. The van der Waals surface area contributed by atoms with Crippen molar-refractivity contribution < 1.29 is 9.90 Å². The number of carbonyl (C=O) groups is 1. The summed E-state index contributed by atoms with van der Waals surface area (Å²) in [6.07, 6.45) is 0. The molecule has 0 spiro atoms. The quantitative estimate of drug-likeness (QED) is 0.907. The summed E-state index contributed by atoms with van der Waals surface area (Å²) in [6.45, 7) is 5.71. The summed E-state index contributed by atoms with van der Waals surface area (Å²) in [5, 5.41) is 9.72. The second-order valence-corrected chi connectivity index (χ2v) is 5.17. The molecule has 0 saturated heterocycles. The molecule has 2 heteroatoms. The predicted octanol–water partition coefficient (Wildman–Crippen LogP) is 3.69. The van der Waals surface area contributed by atoms with Gasteiger partial charge in [0, 0.05) is 0 Å². The van der Waals surface area contributed by atoms with Gasteiger partial charge in [0.2, 0.25) is 0 Å². The highest BCUT2D eigenvalue weighted by Gasteiger charge is 2.37. The molecule has 0 aliphatic rings. The van der Waals surface area contributed by atoms with Gasteiger partial charge in [-0.25, -0.2) is 0 Å².